The molecule has 0 spiro atoms. The first-order valence-corrected chi connectivity index (χ1v) is 8.75. The van der Waals surface area contributed by atoms with Gasteiger partial charge in [0.25, 0.3) is 0 Å². The van der Waals surface area contributed by atoms with E-state index in [9.17, 15) is 0 Å². The van der Waals surface area contributed by atoms with Gasteiger partial charge in [-0.25, -0.2) is 0 Å². The highest BCUT2D eigenvalue weighted by Crippen LogP contribution is 2.39. The third-order valence-corrected chi connectivity index (χ3v) is 4.42. The number of rotatable bonds is 1. The van der Waals surface area contributed by atoms with Crippen molar-refractivity contribution in [3.8, 4) is 0 Å². The van der Waals surface area contributed by atoms with Gasteiger partial charge in [-0.2, -0.15) is 0 Å². The Morgan fingerprint density at radius 1 is 0.762 bits per heavy atom. The maximum absolute atomic E-state index is 5.53. The highest BCUT2D eigenvalue weighted by atomic mass is 79.9. The zero-order chi connectivity index (χ0) is 16.8. The third kappa shape index (κ3) is 4.39. The predicted octanol–water partition coefficient (Wildman–Crippen LogP) is 6.65. The maximum atomic E-state index is 5.53. The van der Waals surface area contributed by atoms with E-state index in [0.717, 1.165) is 3.77 Å². The van der Waals surface area contributed by atoms with Gasteiger partial charge >= 0.3 is 0 Å². The zero-order valence-electron chi connectivity index (χ0n) is 14.9. The lowest BCUT2D eigenvalue weighted by Crippen LogP contribution is -2.25. The van der Waals surface area contributed by atoms with Crippen molar-refractivity contribution in [1.29, 1.82) is 0 Å². The minimum Gasteiger partial charge on any atom is -0.0712 e. The molecule has 0 heterocycles. The van der Waals surface area contributed by atoms with E-state index in [1.807, 2.05) is 0 Å². The second kappa shape index (κ2) is 5.77. The predicted molar refractivity (Wildman–Crippen MR) is 103 cm³/mol. The van der Waals surface area contributed by atoms with Crippen LogP contribution in [-0.4, -0.2) is 3.77 Å². The Morgan fingerprint density at radius 3 is 1.29 bits per heavy atom. The van der Waals surface area contributed by atoms with Gasteiger partial charge in [0.1, 0.15) is 0 Å². The van der Waals surface area contributed by atoms with Crippen molar-refractivity contribution in [1.82, 2.24) is 0 Å². The van der Waals surface area contributed by atoms with E-state index in [0.29, 0.717) is 0 Å². The fraction of sp³-hybridized carbons (Fsp3) is 0.632. The molecule has 0 aliphatic rings. The Labute approximate surface area is 144 Å². The standard InChI is InChI=1S/C19H29BrS/c1-17(2,3)12-10-13(18(4,5)6)15(16(20)21)14(11-12)19(7,8)9/h10-11H,1-9H3. The van der Waals surface area contributed by atoms with E-state index in [1.165, 1.54) is 22.3 Å². The lowest BCUT2D eigenvalue weighted by Gasteiger charge is -2.33. The molecule has 0 radical (unpaired) electrons. The van der Waals surface area contributed by atoms with Crippen molar-refractivity contribution >= 4 is 31.9 Å². The second-order valence-electron chi connectivity index (χ2n) is 8.97. The molecular weight excluding hydrogens is 340 g/mol. The average Bonchev–Trinajstić information content (AvgIpc) is 2.23. The molecule has 1 aromatic carbocycles. The van der Waals surface area contributed by atoms with Crippen molar-refractivity contribution in [3.05, 3.63) is 34.4 Å². The van der Waals surface area contributed by atoms with Crippen molar-refractivity contribution in [2.45, 2.75) is 78.6 Å². The number of hydrogen-bond donors (Lipinski definition) is 0. The van der Waals surface area contributed by atoms with Crippen LogP contribution in [0.2, 0.25) is 0 Å². The Morgan fingerprint density at radius 2 is 1.10 bits per heavy atom. The highest BCUT2D eigenvalue weighted by Gasteiger charge is 2.29. The van der Waals surface area contributed by atoms with Crippen LogP contribution in [0.15, 0.2) is 12.1 Å². The largest absolute Gasteiger partial charge is 0.0883 e. The normalized spacial score (nSPS) is 13.4. The first-order chi connectivity index (χ1) is 9.15. The number of halogens is 1. The summed E-state index contributed by atoms with van der Waals surface area (Å²) in [6, 6.07) is 4.69. The summed E-state index contributed by atoms with van der Waals surface area (Å²) in [7, 11) is 0. The molecule has 0 unspecified atom stereocenters. The van der Waals surface area contributed by atoms with Crippen LogP contribution in [0.5, 0.6) is 0 Å². The fourth-order valence-corrected chi connectivity index (χ4v) is 3.12. The lowest BCUT2D eigenvalue weighted by atomic mass is 9.73. The van der Waals surface area contributed by atoms with Crippen molar-refractivity contribution < 1.29 is 0 Å². The molecule has 0 saturated carbocycles. The molecule has 0 amide bonds. The van der Waals surface area contributed by atoms with Gasteiger partial charge in [-0.05, 0) is 48.9 Å². The molecule has 0 N–H and O–H groups in total. The molecule has 2 heteroatoms. The summed E-state index contributed by atoms with van der Waals surface area (Å²) in [5.41, 5.74) is 5.52. The Balaban J connectivity index is 3.89. The topological polar surface area (TPSA) is 0 Å². The molecule has 0 aromatic heterocycles. The second-order valence-corrected chi connectivity index (χ2v) is 10.7. The lowest BCUT2D eigenvalue weighted by molar-refractivity contribution is 0.547. The third-order valence-electron chi connectivity index (χ3n) is 3.82. The molecule has 0 atom stereocenters. The van der Waals surface area contributed by atoms with Gasteiger partial charge in [-0.3, -0.25) is 0 Å². The summed E-state index contributed by atoms with van der Waals surface area (Å²) in [6.07, 6.45) is 0. The van der Waals surface area contributed by atoms with Crippen LogP contribution in [-0.2, 0) is 16.2 Å². The molecule has 0 fully saturated rings. The molecule has 0 bridgehead atoms. The van der Waals surface area contributed by atoms with Crippen LogP contribution in [0.3, 0.4) is 0 Å². The molecule has 0 aliphatic carbocycles. The van der Waals surface area contributed by atoms with Crippen molar-refractivity contribution in [3.63, 3.8) is 0 Å². The number of hydrogen-bond acceptors (Lipinski definition) is 1. The molecular formula is C19H29BrS. The summed E-state index contributed by atoms with van der Waals surface area (Å²) in [4.78, 5) is 0. The van der Waals surface area contributed by atoms with Gasteiger partial charge in [-0.1, -0.05) is 86.7 Å². The van der Waals surface area contributed by atoms with Crippen LogP contribution in [0.1, 0.15) is 84.6 Å². The summed E-state index contributed by atoms with van der Waals surface area (Å²) < 4.78 is 0.817. The van der Waals surface area contributed by atoms with Gasteiger partial charge in [0.15, 0.2) is 0 Å². The average molecular weight is 369 g/mol. The monoisotopic (exact) mass is 368 g/mol. The first kappa shape index (κ1) is 18.8. The Hall–Kier alpha value is -0.210. The Bertz CT molecular complexity index is 513. The quantitative estimate of drug-likeness (QED) is 0.394. The van der Waals surface area contributed by atoms with Crippen molar-refractivity contribution in [2.24, 2.45) is 0 Å². The first-order valence-electron chi connectivity index (χ1n) is 7.55. The van der Waals surface area contributed by atoms with Crippen LogP contribution < -0.4 is 0 Å². The molecule has 0 nitrogen and oxygen atoms in total. The molecule has 21 heavy (non-hydrogen) atoms. The summed E-state index contributed by atoms with van der Waals surface area (Å²) >= 11 is 9.10. The zero-order valence-corrected chi connectivity index (χ0v) is 17.3. The molecule has 0 saturated heterocycles. The molecule has 0 aliphatic heterocycles. The van der Waals surface area contributed by atoms with E-state index >= 15 is 0 Å². The van der Waals surface area contributed by atoms with Crippen LogP contribution in [0.4, 0.5) is 0 Å². The minimum absolute atomic E-state index is 0.0639. The summed E-state index contributed by atoms with van der Waals surface area (Å²) in [5.74, 6) is 0. The van der Waals surface area contributed by atoms with E-state index in [4.69, 9.17) is 12.2 Å². The van der Waals surface area contributed by atoms with Gasteiger partial charge in [0, 0.05) is 5.56 Å². The minimum atomic E-state index is 0.0639. The maximum Gasteiger partial charge on any atom is 0.0883 e. The molecule has 1 aromatic rings. The van der Waals surface area contributed by atoms with E-state index in [-0.39, 0.29) is 16.2 Å². The van der Waals surface area contributed by atoms with Gasteiger partial charge < -0.3 is 0 Å². The molecule has 118 valence electrons. The van der Waals surface area contributed by atoms with Gasteiger partial charge in [0.05, 0.1) is 3.77 Å². The molecule has 1 rings (SSSR count). The van der Waals surface area contributed by atoms with E-state index in [1.54, 1.807) is 0 Å². The van der Waals surface area contributed by atoms with Gasteiger partial charge in [0.2, 0.25) is 0 Å². The van der Waals surface area contributed by atoms with Crippen LogP contribution in [0.25, 0.3) is 0 Å². The highest BCUT2D eigenvalue weighted by molar-refractivity contribution is 9.20. The number of thiocarbonyl (C=S) groups is 1. The summed E-state index contributed by atoms with van der Waals surface area (Å²) in [5, 5.41) is 0. The van der Waals surface area contributed by atoms with Crippen molar-refractivity contribution in [2.75, 3.05) is 0 Å². The van der Waals surface area contributed by atoms with E-state index < -0.39 is 0 Å². The SMILES string of the molecule is CC(C)(C)c1cc(C(C)(C)C)c(C(=S)Br)c(C(C)(C)C)c1. The van der Waals surface area contributed by atoms with Crippen LogP contribution in [0, 0.1) is 0 Å². The van der Waals surface area contributed by atoms with Gasteiger partial charge in [-0.15, -0.1) is 0 Å². The summed E-state index contributed by atoms with van der Waals surface area (Å²) in [6.45, 7) is 20.4. The number of benzene rings is 1. The van der Waals surface area contributed by atoms with Crippen LogP contribution >= 0.6 is 28.1 Å². The fourth-order valence-electron chi connectivity index (χ4n) is 2.47. The van der Waals surface area contributed by atoms with E-state index in [2.05, 4.69) is 90.4 Å². The Kier molecular flexibility index (Phi) is 5.18. The smallest absolute Gasteiger partial charge is 0.0712 e.